The van der Waals surface area contributed by atoms with Crippen LogP contribution in [0.15, 0.2) is 53.6 Å². The number of sulfonamides is 1. The molecule has 0 saturated carbocycles. The summed E-state index contributed by atoms with van der Waals surface area (Å²) in [7, 11) is -5.78. The van der Waals surface area contributed by atoms with E-state index in [4.69, 9.17) is 0 Å². The minimum absolute atomic E-state index is 0.0165. The molecule has 2 aromatic carbocycles. The molecule has 0 bridgehead atoms. The van der Waals surface area contributed by atoms with Crippen LogP contribution in [0.1, 0.15) is 56.3 Å². The number of sulfone groups is 1. The van der Waals surface area contributed by atoms with E-state index in [-0.39, 0.29) is 16.8 Å². The molecule has 2 heterocycles. The molecule has 1 saturated heterocycles. The molecule has 1 fully saturated rings. The van der Waals surface area contributed by atoms with Crippen molar-refractivity contribution in [1.82, 2.24) is 9.88 Å². The van der Waals surface area contributed by atoms with Gasteiger partial charge in [-0.15, -0.1) is 0 Å². The van der Waals surface area contributed by atoms with Crippen molar-refractivity contribution < 1.29 is 26.4 Å². The minimum Gasteiger partial charge on any atom is -0.466 e. The van der Waals surface area contributed by atoms with Crippen LogP contribution >= 0.6 is 0 Å². The summed E-state index contributed by atoms with van der Waals surface area (Å²) < 4.78 is 57.8. The lowest BCUT2D eigenvalue weighted by Gasteiger charge is -2.25. The van der Waals surface area contributed by atoms with E-state index in [0.29, 0.717) is 24.2 Å². The lowest BCUT2D eigenvalue weighted by atomic mass is 10.0. The van der Waals surface area contributed by atoms with E-state index in [9.17, 15) is 21.6 Å². The second-order valence-electron chi connectivity index (χ2n) is 11.9. The summed E-state index contributed by atoms with van der Waals surface area (Å²) in [5.74, 6) is -0.419. The van der Waals surface area contributed by atoms with Gasteiger partial charge in [0.25, 0.3) is 0 Å². The summed E-state index contributed by atoms with van der Waals surface area (Å²) in [4.78, 5) is 16.9. The zero-order valence-corrected chi connectivity index (χ0v) is 25.9. The number of benzene rings is 2. The predicted octanol–water partition coefficient (Wildman–Crippen LogP) is 4.93. The lowest BCUT2D eigenvalue weighted by molar-refractivity contribution is -0.134. The number of anilines is 1. The van der Waals surface area contributed by atoms with Crippen molar-refractivity contribution in [2.24, 2.45) is 5.41 Å². The Balaban J connectivity index is 1.61. The Kier molecular flexibility index (Phi) is 9.01. The first kappa shape index (κ1) is 30.8. The SMILES string of the molecule is COC(=O)/C=C/c1ccc(C2CCCN2CCc2c(S(=O)(=O)CC(C)(C)C)[nH]c3cc(NS(C)(=O)=O)ccc23)cc1. The molecule has 0 radical (unpaired) electrons. The van der Waals surface area contributed by atoms with Crippen LogP contribution in [0.3, 0.4) is 0 Å². The zero-order valence-electron chi connectivity index (χ0n) is 24.2. The number of carbonyl (C=O) groups is 1. The summed E-state index contributed by atoms with van der Waals surface area (Å²) in [6.45, 7) is 7.26. The van der Waals surface area contributed by atoms with Gasteiger partial charge in [-0.1, -0.05) is 51.1 Å². The van der Waals surface area contributed by atoms with Gasteiger partial charge in [0.2, 0.25) is 10.0 Å². The van der Waals surface area contributed by atoms with Gasteiger partial charge in [0.1, 0.15) is 5.03 Å². The van der Waals surface area contributed by atoms with E-state index < -0.39 is 31.2 Å². The molecule has 41 heavy (non-hydrogen) atoms. The summed E-state index contributed by atoms with van der Waals surface area (Å²) in [6.07, 6.45) is 6.75. The van der Waals surface area contributed by atoms with Crippen molar-refractivity contribution in [2.45, 2.75) is 51.1 Å². The second kappa shape index (κ2) is 12.0. The highest BCUT2D eigenvalue weighted by molar-refractivity contribution is 7.92. The van der Waals surface area contributed by atoms with Crippen molar-refractivity contribution >= 4 is 48.5 Å². The number of hydrogen-bond acceptors (Lipinski definition) is 7. The Hall–Kier alpha value is -3.15. The second-order valence-corrected chi connectivity index (χ2v) is 15.5. The van der Waals surface area contributed by atoms with Crippen LogP contribution in [-0.4, -0.2) is 64.9 Å². The molecule has 0 spiro atoms. The molecular weight excluding hydrogens is 562 g/mol. The molecular formula is C30H39N3O6S2. The van der Waals surface area contributed by atoms with E-state index in [1.54, 1.807) is 24.3 Å². The summed E-state index contributed by atoms with van der Waals surface area (Å²) >= 11 is 0. The predicted molar refractivity (Wildman–Crippen MR) is 163 cm³/mol. The van der Waals surface area contributed by atoms with Gasteiger partial charge in [-0.05, 0) is 66.1 Å². The molecule has 4 rings (SSSR count). The van der Waals surface area contributed by atoms with E-state index in [0.717, 1.165) is 42.2 Å². The molecule has 1 aliphatic rings. The number of ether oxygens (including phenoxy) is 1. The first-order chi connectivity index (χ1) is 19.1. The van der Waals surface area contributed by atoms with Crippen LogP contribution in [0.2, 0.25) is 0 Å². The number of aromatic nitrogens is 1. The fourth-order valence-electron chi connectivity index (χ4n) is 5.45. The third-order valence-electron chi connectivity index (χ3n) is 7.05. The maximum atomic E-state index is 13.6. The fourth-order valence-corrected chi connectivity index (χ4v) is 8.15. The number of nitrogens with one attached hydrogen (secondary N) is 2. The van der Waals surface area contributed by atoms with E-state index in [1.807, 2.05) is 32.9 Å². The van der Waals surface area contributed by atoms with Gasteiger partial charge in [0.05, 0.1) is 24.8 Å². The summed E-state index contributed by atoms with van der Waals surface area (Å²) in [6, 6.07) is 13.4. The molecule has 1 aliphatic heterocycles. The van der Waals surface area contributed by atoms with Crippen LogP contribution < -0.4 is 4.72 Å². The molecule has 0 aliphatic carbocycles. The number of hydrogen-bond donors (Lipinski definition) is 2. The van der Waals surface area contributed by atoms with Crippen LogP contribution in [-0.2, 0) is 35.8 Å². The van der Waals surface area contributed by atoms with E-state index in [1.165, 1.54) is 18.7 Å². The molecule has 3 aromatic rings. The van der Waals surface area contributed by atoms with Gasteiger partial charge in [-0.25, -0.2) is 21.6 Å². The Morgan fingerprint density at radius 1 is 1.12 bits per heavy atom. The number of aromatic amines is 1. The highest BCUT2D eigenvalue weighted by Crippen LogP contribution is 2.35. The molecule has 222 valence electrons. The Morgan fingerprint density at radius 2 is 1.83 bits per heavy atom. The average molecular weight is 602 g/mol. The number of H-pyrrole nitrogens is 1. The van der Waals surface area contributed by atoms with Gasteiger partial charge < -0.3 is 9.72 Å². The smallest absolute Gasteiger partial charge is 0.330 e. The molecule has 0 amide bonds. The zero-order chi connectivity index (χ0) is 30.0. The number of fused-ring (bicyclic) bond motifs is 1. The van der Waals surface area contributed by atoms with Crippen molar-refractivity contribution in [1.29, 1.82) is 0 Å². The largest absolute Gasteiger partial charge is 0.466 e. The van der Waals surface area contributed by atoms with Gasteiger partial charge in [-0.3, -0.25) is 9.62 Å². The quantitative estimate of drug-likeness (QED) is 0.249. The normalized spacial score (nSPS) is 17.0. The number of esters is 1. The molecule has 1 aromatic heterocycles. The highest BCUT2D eigenvalue weighted by atomic mass is 32.2. The standard InChI is InChI=1S/C30H39N3O6S2/c1-30(2,3)20-41(37,38)29-25(24-14-13-23(19-26(24)31-29)32-40(5,35)36)16-18-33-17-6-7-27(33)22-11-8-21(9-12-22)10-15-28(34)39-4/h8-15,19,27,31-32H,6-7,16-18,20H2,1-5H3/b15-10+. The summed E-state index contributed by atoms with van der Waals surface area (Å²) in [5.41, 5.74) is 3.32. The molecule has 2 N–H and O–H groups in total. The molecule has 1 unspecified atom stereocenters. The first-order valence-electron chi connectivity index (χ1n) is 13.6. The number of likely N-dealkylation sites (tertiary alicyclic amines) is 1. The maximum Gasteiger partial charge on any atom is 0.330 e. The monoisotopic (exact) mass is 601 g/mol. The van der Waals surface area contributed by atoms with Gasteiger partial charge in [-0.2, -0.15) is 0 Å². The Bertz CT molecular complexity index is 1650. The van der Waals surface area contributed by atoms with Crippen LogP contribution in [0, 0.1) is 5.41 Å². The number of methoxy groups -OCH3 is 1. The molecule has 11 heteroatoms. The van der Waals surface area contributed by atoms with E-state index in [2.05, 4.69) is 31.5 Å². The summed E-state index contributed by atoms with van der Waals surface area (Å²) in [5, 5.41) is 0.977. The van der Waals surface area contributed by atoms with Crippen LogP contribution in [0.25, 0.3) is 17.0 Å². The topological polar surface area (TPSA) is 126 Å². The maximum absolute atomic E-state index is 13.6. The third-order valence-corrected chi connectivity index (χ3v) is 9.87. The van der Waals surface area contributed by atoms with Crippen molar-refractivity contribution in [3.8, 4) is 0 Å². The third kappa shape index (κ3) is 7.99. The van der Waals surface area contributed by atoms with Crippen molar-refractivity contribution in [3.05, 3.63) is 65.2 Å². The molecule has 1 atom stereocenters. The number of carbonyl (C=O) groups excluding carboxylic acids is 1. The van der Waals surface area contributed by atoms with Crippen LogP contribution in [0.5, 0.6) is 0 Å². The van der Waals surface area contributed by atoms with Crippen LogP contribution in [0.4, 0.5) is 5.69 Å². The fraction of sp³-hybridized carbons (Fsp3) is 0.433. The Morgan fingerprint density at radius 3 is 2.46 bits per heavy atom. The van der Waals surface area contributed by atoms with Gasteiger partial charge in [0, 0.05) is 29.6 Å². The average Bonchev–Trinajstić information content (AvgIpc) is 3.48. The number of nitrogens with zero attached hydrogens (tertiary/aromatic N) is 1. The van der Waals surface area contributed by atoms with Crippen molar-refractivity contribution in [3.63, 3.8) is 0 Å². The van der Waals surface area contributed by atoms with Crippen molar-refractivity contribution in [2.75, 3.05) is 36.9 Å². The van der Waals surface area contributed by atoms with E-state index >= 15 is 0 Å². The first-order valence-corrected chi connectivity index (χ1v) is 17.1. The highest BCUT2D eigenvalue weighted by Gasteiger charge is 2.30. The lowest BCUT2D eigenvalue weighted by Crippen LogP contribution is -2.26. The Labute approximate surface area is 242 Å². The van der Waals surface area contributed by atoms with Gasteiger partial charge in [0.15, 0.2) is 9.84 Å². The van der Waals surface area contributed by atoms with Gasteiger partial charge >= 0.3 is 5.97 Å². The minimum atomic E-state index is -3.64. The number of rotatable bonds is 10. The molecule has 9 nitrogen and oxygen atoms in total.